The number of carboxylic acid groups (broad SMARTS) is 1. The van der Waals surface area contributed by atoms with Crippen LogP contribution in [0, 0.1) is 0 Å². The van der Waals surface area contributed by atoms with E-state index in [-0.39, 0.29) is 25.1 Å². The number of phosphoric acid groups is 1. The molecule has 2 rings (SSSR count). The molecule has 0 radical (unpaired) electrons. The van der Waals surface area contributed by atoms with Crippen LogP contribution < -0.4 is 42.6 Å². The van der Waals surface area contributed by atoms with Crippen molar-refractivity contribution in [2.45, 2.75) is 94.7 Å². The molecule has 24 heteroatoms. The van der Waals surface area contributed by atoms with Crippen LogP contribution in [0.5, 0.6) is 5.75 Å². The fourth-order valence-corrected chi connectivity index (χ4v) is 5.75. The number of aliphatic hydroxyl groups excluding tert-OH is 1. The van der Waals surface area contributed by atoms with Crippen molar-refractivity contribution in [3.63, 3.8) is 0 Å². The summed E-state index contributed by atoms with van der Waals surface area (Å²) in [7, 11) is -4.91. The number of nitrogens with two attached hydrogens (primary N) is 2. The number of carbonyl (C=O) groups is 9. The average molecular weight is 815 g/mol. The minimum atomic E-state index is -4.91. The summed E-state index contributed by atoms with van der Waals surface area (Å²) in [4.78, 5) is 133. The number of amides is 7. The van der Waals surface area contributed by atoms with Crippen molar-refractivity contribution in [3.8, 4) is 5.75 Å². The summed E-state index contributed by atoms with van der Waals surface area (Å²) in [5.74, 6) is -8.21. The van der Waals surface area contributed by atoms with Gasteiger partial charge in [0.2, 0.25) is 41.4 Å². The number of nitrogens with zero attached hydrogens (tertiary/aromatic N) is 1. The molecule has 0 saturated carbocycles. The lowest BCUT2D eigenvalue weighted by Crippen LogP contribution is -2.59. The number of aliphatic carboxylic acids is 1. The van der Waals surface area contributed by atoms with Crippen LogP contribution in [0.3, 0.4) is 0 Å². The van der Waals surface area contributed by atoms with Crippen LogP contribution in [0.4, 0.5) is 0 Å². The van der Waals surface area contributed by atoms with E-state index in [2.05, 4.69) is 31.1 Å². The van der Waals surface area contributed by atoms with Gasteiger partial charge in [-0.25, -0.2) is 4.57 Å². The molecule has 0 bridgehead atoms. The Hall–Kier alpha value is -5.48. The number of likely N-dealkylation sites (tertiary alicyclic amines) is 1. The Labute approximate surface area is 319 Å². The van der Waals surface area contributed by atoms with Gasteiger partial charge in [-0.2, -0.15) is 0 Å². The number of rotatable bonds is 22. The number of hydrogen-bond donors (Lipinski definition) is 11. The van der Waals surface area contributed by atoms with Crippen LogP contribution in [0.15, 0.2) is 24.3 Å². The fraction of sp³-hybridized carbons (Fsp3) is 0.531. The smallest absolute Gasteiger partial charge is 0.481 e. The predicted molar refractivity (Wildman–Crippen MR) is 190 cm³/mol. The maximum atomic E-state index is 13.7. The van der Waals surface area contributed by atoms with Crippen molar-refractivity contribution in [2.75, 3.05) is 13.1 Å². The summed E-state index contributed by atoms with van der Waals surface area (Å²) in [6, 6.07) is -3.46. The summed E-state index contributed by atoms with van der Waals surface area (Å²) < 4.78 is 15.7. The molecule has 1 aliphatic heterocycles. The lowest BCUT2D eigenvalue weighted by atomic mass is 10.0. The summed E-state index contributed by atoms with van der Waals surface area (Å²) >= 11 is 0. The van der Waals surface area contributed by atoms with Gasteiger partial charge in [-0.05, 0) is 50.8 Å². The number of nitrogens with one attached hydrogen (secondary N) is 5. The first-order valence-corrected chi connectivity index (χ1v) is 18.7. The molecule has 23 nitrogen and oxygen atoms in total. The highest BCUT2D eigenvalue weighted by Crippen LogP contribution is 2.37. The van der Waals surface area contributed by atoms with Gasteiger partial charge in [-0.15, -0.1) is 0 Å². The van der Waals surface area contributed by atoms with Gasteiger partial charge in [0.15, 0.2) is 0 Å². The summed E-state index contributed by atoms with van der Waals surface area (Å²) in [6.07, 6.45) is -2.89. The lowest BCUT2D eigenvalue weighted by Gasteiger charge is -2.30. The first kappa shape index (κ1) is 46.7. The molecule has 7 amide bonds. The van der Waals surface area contributed by atoms with Gasteiger partial charge in [-0.3, -0.25) is 48.1 Å². The van der Waals surface area contributed by atoms with Gasteiger partial charge >= 0.3 is 13.8 Å². The van der Waals surface area contributed by atoms with E-state index in [1.165, 1.54) is 26.0 Å². The predicted octanol–water partition coefficient (Wildman–Crippen LogP) is -4.59. The third kappa shape index (κ3) is 15.7. The topological polar surface area (TPSA) is 376 Å². The van der Waals surface area contributed by atoms with E-state index < -0.39 is 123 Å². The van der Waals surface area contributed by atoms with Crippen molar-refractivity contribution >= 4 is 61.4 Å². The molecule has 1 fully saturated rings. The van der Waals surface area contributed by atoms with Gasteiger partial charge in [0.1, 0.15) is 42.2 Å². The quantitative estimate of drug-likeness (QED) is 0.0388. The highest BCUT2D eigenvalue weighted by atomic mass is 31.2. The zero-order chi connectivity index (χ0) is 42.3. The van der Waals surface area contributed by atoms with Crippen molar-refractivity contribution < 1.29 is 72.2 Å². The Bertz CT molecular complexity index is 1670. The molecule has 0 unspecified atom stereocenters. The van der Waals surface area contributed by atoms with Gasteiger partial charge in [0, 0.05) is 19.4 Å². The molecule has 1 aromatic rings. The minimum absolute atomic E-state index is 0.0138. The van der Waals surface area contributed by atoms with Crippen molar-refractivity contribution in [1.82, 2.24) is 31.5 Å². The number of primary amides is 1. The monoisotopic (exact) mass is 814 g/mol. The normalized spacial score (nSPS) is 17.1. The Morgan fingerprint density at radius 3 is 2.09 bits per heavy atom. The molecule has 7 atom stereocenters. The molecule has 0 aliphatic carbocycles. The molecule has 0 aromatic heterocycles. The van der Waals surface area contributed by atoms with E-state index in [0.717, 1.165) is 17.0 Å². The molecule has 56 heavy (non-hydrogen) atoms. The maximum Gasteiger partial charge on any atom is 0.524 e. The van der Waals surface area contributed by atoms with Gasteiger partial charge in [-0.1, -0.05) is 12.1 Å². The first-order chi connectivity index (χ1) is 26.1. The SMILES string of the molecule is C[C@H](N)C(=O)NCC(=O)N[C@@H](Cc1ccc(OP(=O)(O)O)cc1)C(=O)N[C@@H](CCC(=O)O)C(=O)N[C@@H](CC(N)=O)C(=O)N1CCC[C@H]1C(=O)N[C@H](C=O)[C@@H](C)O. The lowest BCUT2D eigenvalue weighted by molar-refractivity contribution is -0.143. The van der Waals surface area contributed by atoms with E-state index in [1.54, 1.807) is 0 Å². The zero-order valence-electron chi connectivity index (χ0n) is 30.4. The molecule has 1 aromatic carbocycles. The van der Waals surface area contributed by atoms with Crippen molar-refractivity contribution in [2.24, 2.45) is 11.5 Å². The largest absolute Gasteiger partial charge is 0.524 e. The third-order valence-corrected chi connectivity index (χ3v) is 8.64. The maximum absolute atomic E-state index is 13.7. The number of aldehydes is 1. The van der Waals surface area contributed by atoms with Crippen LogP contribution in [-0.4, -0.2) is 134 Å². The number of carboxylic acids is 1. The Kier molecular flexibility index (Phi) is 18.0. The van der Waals surface area contributed by atoms with Crippen LogP contribution >= 0.6 is 7.82 Å². The van der Waals surface area contributed by atoms with Crippen molar-refractivity contribution in [3.05, 3.63) is 29.8 Å². The third-order valence-electron chi connectivity index (χ3n) is 8.19. The summed E-state index contributed by atoms with van der Waals surface area (Å²) in [5.41, 5.74) is 11.1. The number of benzene rings is 1. The van der Waals surface area contributed by atoms with Gasteiger partial charge < -0.3 is 62.5 Å². The molecule has 13 N–H and O–H groups in total. The molecule has 0 spiro atoms. The van der Waals surface area contributed by atoms with Crippen LogP contribution in [0.1, 0.15) is 51.5 Å². The van der Waals surface area contributed by atoms with Crippen LogP contribution in [0.2, 0.25) is 0 Å². The standard InChI is InChI=1S/C32H47N8O15P/c1-16(33)28(47)35-14-26(44)36-21(12-18-5-7-19(8-6-18)55-56(52,53)54)30(49)37-20(9-10-27(45)46)29(48)38-22(13-25(34)43)32(51)40-11-3-4-24(40)31(50)39-23(15-41)17(2)42/h5-8,15-17,20-24,42H,3-4,9-14,33H2,1-2H3,(H2,34,43)(H,35,47)(H,36,44)(H,37,49)(H,38,48)(H,39,50)(H,45,46)(H2,52,53,54)/t16-,17+,20-,21-,22-,23+,24-/m0/s1. The van der Waals surface area contributed by atoms with E-state index >= 15 is 0 Å². The average Bonchev–Trinajstić information content (AvgIpc) is 3.60. The van der Waals surface area contributed by atoms with Crippen molar-refractivity contribution in [1.29, 1.82) is 0 Å². The summed E-state index contributed by atoms with van der Waals surface area (Å²) in [5, 5.41) is 30.7. The fourth-order valence-electron chi connectivity index (χ4n) is 5.36. The molecule has 1 aliphatic rings. The van der Waals surface area contributed by atoms with Gasteiger partial charge in [0.05, 0.1) is 25.1 Å². The summed E-state index contributed by atoms with van der Waals surface area (Å²) in [6.45, 7) is 1.97. The van der Waals surface area contributed by atoms with E-state index in [9.17, 15) is 57.9 Å². The Morgan fingerprint density at radius 1 is 0.946 bits per heavy atom. The number of phosphoric ester groups is 1. The number of hydrogen-bond acceptors (Lipinski definition) is 13. The van der Waals surface area contributed by atoms with Crippen LogP contribution in [0.25, 0.3) is 0 Å². The van der Waals surface area contributed by atoms with E-state index in [1.807, 2.05) is 0 Å². The first-order valence-electron chi connectivity index (χ1n) is 17.1. The molecule has 310 valence electrons. The van der Waals surface area contributed by atoms with Gasteiger partial charge in [0.25, 0.3) is 0 Å². The highest BCUT2D eigenvalue weighted by molar-refractivity contribution is 7.46. The second-order valence-electron chi connectivity index (χ2n) is 12.9. The second-order valence-corrected chi connectivity index (χ2v) is 14.0. The molecule has 1 saturated heterocycles. The Morgan fingerprint density at radius 2 is 1.55 bits per heavy atom. The molecular formula is C32H47N8O15P. The van der Waals surface area contributed by atoms with E-state index in [4.69, 9.17) is 21.3 Å². The molecular weight excluding hydrogens is 767 g/mol. The molecule has 1 heterocycles. The number of aliphatic hydroxyl groups is 1. The minimum Gasteiger partial charge on any atom is -0.481 e. The van der Waals surface area contributed by atoms with E-state index in [0.29, 0.717) is 18.3 Å². The Balaban J connectivity index is 2.37. The zero-order valence-corrected chi connectivity index (χ0v) is 31.3. The number of carbonyl (C=O) groups excluding carboxylic acids is 8. The second kappa shape index (κ2) is 21.6. The highest BCUT2D eigenvalue weighted by Gasteiger charge is 2.40. The van der Waals surface area contributed by atoms with Crippen LogP contribution in [-0.2, 0) is 54.1 Å².